The number of hydrogen-bond acceptors (Lipinski definition) is 4. The molecule has 0 amide bonds. The number of aliphatic hydroxyl groups is 1. The van der Waals surface area contributed by atoms with Gasteiger partial charge in [-0.2, -0.15) is 0 Å². The average Bonchev–Trinajstić information content (AvgIpc) is 2.59. The van der Waals surface area contributed by atoms with Crippen LogP contribution < -0.4 is 0 Å². The predicted molar refractivity (Wildman–Crippen MR) is 56.1 cm³/mol. The molecule has 2 rings (SSSR count). The van der Waals surface area contributed by atoms with Crippen LogP contribution in [0.5, 0.6) is 0 Å². The Morgan fingerprint density at radius 3 is 3.07 bits per heavy atom. The highest BCUT2D eigenvalue weighted by atomic mass is 32.1. The maximum absolute atomic E-state index is 8.56. The summed E-state index contributed by atoms with van der Waals surface area (Å²) in [6.45, 7) is 1.84. The quantitative estimate of drug-likeness (QED) is 0.659. The van der Waals surface area contributed by atoms with Gasteiger partial charge in [0.05, 0.1) is 20.8 Å². The summed E-state index contributed by atoms with van der Waals surface area (Å²) in [6, 6.07) is 1.91. The fourth-order valence-corrected chi connectivity index (χ4v) is 2.09. The summed E-state index contributed by atoms with van der Waals surface area (Å²) >= 11 is 1.55. The van der Waals surface area contributed by atoms with Crippen LogP contribution in [0.3, 0.4) is 0 Å². The number of aryl methyl sites for hydroxylation is 1. The van der Waals surface area contributed by atoms with Gasteiger partial charge in [-0.15, -0.1) is 11.3 Å². The van der Waals surface area contributed by atoms with Gasteiger partial charge in [0.1, 0.15) is 12.9 Å². The zero-order valence-electron chi connectivity index (χ0n) is 7.61. The third-order valence-corrected chi connectivity index (χ3v) is 2.93. The first-order valence-corrected chi connectivity index (χ1v) is 4.94. The molecule has 0 atom stereocenters. The van der Waals surface area contributed by atoms with Crippen LogP contribution in [0.25, 0.3) is 10.2 Å². The third kappa shape index (κ3) is 1.60. The molecule has 0 aromatic carbocycles. The SMILES string of the molecule is Cc1ncnc2cc(C#CCO)sc12. The van der Waals surface area contributed by atoms with Crippen molar-refractivity contribution in [1.29, 1.82) is 0 Å². The molecule has 2 aromatic rings. The second-order valence-corrected chi connectivity index (χ2v) is 3.80. The lowest BCUT2D eigenvalue weighted by Crippen LogP contribution is -1.80. The molecule has 2 heterocycles. The second kappa shape index (κ2) is 3.74. The van der Waals surface area contributed by atoms with Crippen LogP contribution >= 0.6 is 11.3 Å². The molecule has 0 unspecified atom stereocenters. The molecule has 0 spiro atoms. The highest BCUT2D eigenvalue weighted by molar-refractivity contribution is 7.19. The largest absolute Gasteiger partial charge is 0.384 e. The minimum Gasteiger partial charge on any atom is -0.384 e. The van der Waals surface area contributed by atoms with Crippen LogP contribution in [0, 0.1) is 18.8 Å². The molecule has 0 radical (unpaired) electrons. The molecule has 0 fully saturated rings. The molecule has 4 heteroatoms. The summed E-state index contributed by atoms with van der Waals surface area (Å²) in [5.41, 5.74) is 1.89. The number of aromatic nitrogens is 2. The number of rotatable bonds is 0. The van der Waals surface area contributed by atoms with Crippen molar-refractivity contribution in [2.75, 3.05) is 6.61 Å². The molecular formula is C10H8N2OS. The van der Waals surface area contributed by atoms with E-state index in [1.807, 2.05) is 13.0 Å². The average molecular weight is 204 g/mol. The summed E-state index contributed by atoms with van der Waals surface area (Å²) < 4.78 is 1.06. The zero-order valence-corrected chi connectivity index (χ0v) is 8.43. The normalized spacial score (nSPS) is 9.86. The molecule has 2 aromatic heterocycles. The molecule has 3 nitrogen and oxygen atoms in total. The molecule has 0 bridgehead atoms. The number of aliphatic hydroxyl groups excluding tert-OH is 1. The Morgan fingerprint density at radius 2 is 2.36 bits per heavy atom. The van der Waals surface area contributed by atoms with Gasteiger partial charge in [0.25, 0.3) is 0 Å². The van der Waals surface area contributed by atoms with Gasteiger partial charge in [0, 0.05) is 0 Å². The summed E-state index contributed by atoms with van der Waals surface area (Å²) in [6.07, 6.45) is 1.55. The van der Waals surface area contributed by atoms with Crippen LogP contribution in [0.1, 0.15) is 10.6 Å². The summed E-state index contributed by atoms with van der Waals surface area (Å²) in [7, 11) is 0. The Labute approximate surface area is 85.4 Å². The fraction of sp³-hybridized carbons (Fsp3) is 0.200. The van der Waals surface area contributed by atoms with Gasteiger partial charge in [0.2, 0.25) is 0 Å². The van der Waals surface area contributed by atoms with Crippen molar-refractivity contribution < 1.29 is 5.11 Å². The van der Waals surface area contributed by atoms with E-state index < -0.39 is 0 Å². The first-order chi connectivity index (χ1) is 6.81. The molecule has 0 aliphatic heterocycles. The highest BCUT2D eigenvalue weighted by Gasteiger charge is 2.03. The Kier molecular flexibility index (Phi) is 2.44. The highest BCUT2D eigenvalue weighted by Crippen LogP contribution is 2.24. The lowest BCUT2D eigenvalue weighted by Gasteiger charge is -1.89. The molecule has 70 valence electrons. The number of thiophene rings is 1. The molecule has 0 saturated carbocycles. The molecule has 1 N–H and O–H groups in total. The standard InChI is InChI=1S/C10H8N2OS/c1-7-10-9(12-6-11-7)5-8(14-10)3-2-4-13/h5-6,13H,4H2,1H3. The Morgan fingerprint density at radius 1 is 1.50 bits per heavy atom. The third-order valence-electron chi connectivity index (χ3n) is 1.78. The summed E-state index contributed by atoms with van der Waals surface area (Å²) in [5.74, 6) is 5.47. The van der Waals surface area contributed by atoms with Crippen molar-refractivity contribution >= 4 is 21.6 Å². The molecular weight excluding hydrogens is 196 g/mol. The van der Waals surface area contributed by atoms with Gasteiger partial charge in [-0.05, 0) is 13.0 Å². The lowest BCUT2D eigenvalue weighted by atomic mass is 10.3. The minimum absolute atomic E-state index is 0.112. The van der Waals surface area contributed by atoms with Crippen molar-refractivity contribution in [3.05, 3.63) is 23.0 Å². The predicted octanol–water partition coefficient (Wildman–Crippen LogP) is 1.34. The molecule has 0 saturated heterocycles. The Balaban J connectivity index is 2.57. The van der Waals surface area contributed by atoms with Gasteiger partial charge >= 0.3 is 0 Å². The van der Waals surface area contributed by atoms with Crippen LogP contribution in [0.4, 0.5) is 0 Å². The van der Waals surface area contributed by atoms with E-state index >= 15 is 0 Å². The van der Waals surface area contributed by atoms with E-state index in [0.29, 0.717) is 0 Å². The van der Waals surface area contributed by atoms with E-state index in [9.17, 15) is 0 Å². The maximum Gasteiger partial charge on any atom is 0.116 e. The fourth-order valence-electron chi connectivity index (χ4n) is 1.16. The van der Waals surface area contributed by atoms with Crippen molar-refractivity contribution in [3.63, 3.8) is 0 Å². The van der Waals surface area contributed by atoms with Gasteiger partial charge in [-0.1, -0.05) is 11.8 Å². The first-order valence-electron chi connectivity index (χ1n) is 4.12. The van der Waals surface area contributed by atoms with Gasteiger partial charge < -0.3 is 5.11 Å². The Bertz CT molecular complexity index is 522. The van der Waals surface area contributed by atoms with Gasteiger partial charge in [0.15, 0.2) is 0 Å². The van der Waals surface area contributed by atoms with E-state index in [4.69, 9.17) is 5.11 Å². The van der Waals surface area contributed by atoms with Crippen LogP contribution in [0.2, 0.25) is 0 Å². The molecule has 0 aliphatic carbocycles. The van der Waals surface area contributed by atoms with Crippen LogP contribution in [-0.2, 0) is 0 Å². The zero-order chi connectivity index (χ0) is 9.97. The topological polar surface area (TPSA) is 46.0 Å². The van der Waals surface area contributed by atoms with E-state index in [0.717, 1.165) is 20.8 Å². The first kappa shape index (κ1) is 9.13. The smallest absolute Gasteiger partial charge is 0.116 e. The maximum atomic E-state index is 8.56. The van der Waals surface area contributed by atoms with E-state index in [1.54, 1.807) is 17.7 Å². The number of fused-ring (bicyclic) bond motifs is 1. The molecule has 14 heavy (non-hydrogen) atoms. The Hall–Kier alpha value is -1.44. The molecule has 0 aliphatic rings. The minimum atomic E-state index is -0.112. The second-order valence-electron chi connectivity index (χ2n) is 2.74. The number of hydrogen-bond donors (Lipinski definition) is 1. The summed E-state index contributed by atoms with van der Waals surface area (Å²) in [5, 5.41) is 8.56. The van der Waals surface area contributed by atoms with Gasteiger partial charge in [-0.3, -0.25) is 0 Å². The van der Waals surface area contributed by atoms with Crippen molar-refractivity contribution in [2.45, 2.75) is 6.92 Å². The van der Waals surface area contributed by atoms with Crippen molar-refractivity contribution in [3.8, 4) is 11.8 Å². The lowest BCUT2D eigenvalue weighted by molar-refractivity contribution is 0.350. The number of nitrogens with zero attached hydrogens (tertiary/aromatic N) is 2. The van der Waals surface area contributed by atoms with E-state index in [2.05, 4.69) is 21.8 Å². The van der Waals surface area contributed by atoms with Crippen molar-refractivity contribution in [1.82, 2.24) is 9.97 Å². The van der Waals surface area contributed by atoms with E-state index in [-0.39, 0.29) is 6.61 Å². The summed E-state index contributed by atoms with van der Waals surface area (Å²) in [4.78, 5) is 9.16. The van der Waals surface area contributed by atoms with Crippen LogP contribution in [-0.4, -0.2) is 21.7 Å². The van der Waals surface area contributed by atoms with Gasteiger partial charge in [-0.25, -0.2) is 9.97 Å². The van der Waals surface area contributed by atoms with E-state index in [1.165, 1.54) is 0 Å². The van der Waals surface area contributed by atoms with Crippen LogP contribution in [0.15, 0.2) is 12.4 Å². The van der Waals surface area contributed by atoms with Crippen molar-refractivity contribution in [2.24, 2.45) is 0 Å². The monoisotopic (exact) mass is 204 g/mol.